The molecule has 0 saturated heterocycles. The molecule has 0 aliphatic heterocycles. The normalized spacial score (nSPS) is 10.3. The van der Waals surface area contributed by atoms with Crippen LogP contribution in [0.4, 0.5) is 0 Å². The van der Waals surface area contributed by atoms with E-state index in [1.165, 1.54) is 49.5 Å². The van der Waals surface area contributed by atoms with Gasteiger partial charge in [0.15, 0.2) is 0 Å². The molecule has 0 fully saturated rings. The maximum atomic E-state index is 11.7. The highest BCUT2D eigenvalue weighted by Crippen LogP contribution is 2.32. The Morgan fingerprint density at radius 2 is 1.50 bits per heavy atom. The Morgan fingerprint density at radius 3 is 1.96 bits per heavy atom. The Hall–Kier alpha value is -2.03. The lowest BCUT2D eigenvalue weighted by Crippen LogP contribution is -2.04. The maximum absolute atomic E-state index is 11.7. The smallest absolute Gasteiger partial charge is 0.333 e. The topological polar surface area (TPSA) is 35.5 Å². The highest BCUT2D eigenvalue weighted by atomic mass is 16.5. The predicted octanol–water partition coefficient (Wildman–Crippen LogP) is 6.34. The zero-order chi connectivity index (χ0) is 19.4. The first-order chi connectivity index (χ1) is 12.6. The lowest BCUT2D eigenvalue weighted by Gasteiger charge is -2.17. The molecule has 3 nitrogen and oxygen atoms in total. The van der Waals surface area contributed by atoms with Crippen molar-refractivity contribution in [3.05, 3.63) is 47.6 Å². The van der Waals surface area contributed by atoms with E-state index in [2.05, 4.69) is 32.6 Å². The van der Waals surface area contributed by atoms with Gasteiger partial charge in [0.05, 0.1) is 14.2 Å². The molecule has 1 aromatic rings. The van der Waals surface area contributed by atoms with Crippen LogP contribution in [0, 0.1) is 0 Å². The van der Waals surface area contributed by atoms with Crippen molar-refractivity contribution in [3.63, 3.8) is 0 Å². The van der Waals surface area contributed by atoms with E-state index >= 15 is 0 Å². The van der Waals surface area contributed by atoms with Gasteiger partial charge < -0.3 is 9.47 Å². The summed E-state index contributed by atoms with van der Waals surface area (Å²) in [6.07, 6.45) is 8.40. The standard InChI is InChI=1S/C23H34O3/c1-6-8-10-19(11-9-7-2)22(17-12-18(3)23(24)26-5)20-13-15-21(25-4)16-14-20/h13-16H,3,6-12,17H2,1-2,4-5H3. The van der Waals surface area contributed by atoms with E-state index in [0.29, 0.717) is 12.0 Å². The van der Waals surface area contributed by atoms with Crippen molar-refractivity contribution in [2.45, 2.75) is 65.2 Å². The minimum atomic E-state index is -0.317. The van der Waals surface area contributed by atoms with E-state index in [0.717, 1.165) is 25.0 Å². The fourth-order valence-electron chi connectivity index (χ4n) is 3.05. The lowest BCUT2D eigenvalue weighted by molar-refractivity contribution is -0.136. The van der Waals surface area contributed by atoms with Gasteiger partial charge in [0, 0.05) is 5.57 Å². The molecule has 0 aromatic heterocycles. The van der Waals surface area contributed by atoms with Gasteiger partial charge in [0.25, 0.3) is 0 Å². The van der Waals surface area contributed by atoms with Gasteiger partial charge >= 0.3 is 5.97 Å². The Balaban J connectivity index is 3.15. The average molecular weight is 359 g/mol. The maximum Gasteiger partial charge on any atom is 0.333 e. The number of esters is 1. The van der Waals surface area contributed by atoms with E-state index < -0.39 is 0 Å². The number of benzene rings is 1. The zero-order valence-corrected chi connectivity index (χ0v) is 16.9. The first-order valence-electron chi connectivity index (χ1n) is 9.68. The second-order valence-electron chi connectivity index (χ2n) is 6.61. The molecule has 0 aliphatic rings. The first kappa shape index (κ1) is 22.0. The Labute approximate surface area is 159 Å². The van der Waals surface area contributed by atoms with Gasteiger partial charge in [-0.1, -0.05) is 51.0 Å². The van der Waals surface area contributed by atoms with Crippen molar-refractivity contribution in [2.75, 3.05) is 14.2 Å². The molecule has 0 spiro atoms. The molecule has 0 N–H and O–H groups in total. The molecule has 144 valence electrons. The minimum Gasteiger partial charge on any atom is -0.497 e. The van der Waals surface area contributed by atoms with Crippen LogP contribution in [0.15, 0.2) is 42.0 Å². The van der Waals surface area contributed by atoms with E-state index in [-0.39, 0.29) is 5.97 Å². The first-order valence-corrected chi connectivity index (χ1v) is 9.68. The van der Waals surface area contributed by atoms with Crippen LogP contribution < -0.4 is 4.74 Å². The third kappa shape index (κ3) is 7.07. The fraction of sp³-hybridized carbons (Fsp3) is 0.522. The molecule has 0 unspecified atom stereocenters. The van der Waals surface area contributed by atoms with Crippen LogP contribution in [0.3, 0.4) is 0 Å². The van der Waals surface area contributed by atoms with Crippen molar-refractivity contribution < 1.29 is 14.3 Å². The summed E-state index contributed by atoms with van der Waals surface area (Å²) in [6, 6.07) is 8.24. The van der Waals surface area contributed by atoms with Crippen molar-refractivity contribution in [2.24, 2.45) is 0 Å². The second kappa shape index (κ2) is 12.3. The monoisotopic (exact) mass is 358 g/mol. The number of ether oxygens (including phenoxy) is 2. The number of methoxy groups -OCH3 is 2. The highest BCUT2D eigenvalue weighted by molar-refractivity contribution is 5.88. The minimum absolute atomic E-state index is 0.317. The Bertz CT molecular complexity index is 586. The van der Waals surface area contributed by atoms with Crippen LogP contribution in [0.1, 0.15) is 70.8 Å². The van der Waals surface area contributed by atoms with Crippen molar-refractivity contribution in [3.8, 4) is 5.75 Å². The molecule has 0 amide bonds. The lowest BCUT2D eigenvalue weighted by atomic mass is 9.89. The van der Waals surface area contributed by atoms with Crippen molar-refractivity contribution >= 4 is 11.5 Å². The van der Waals surface area contributed by atoms with Gasteiger partial charge in [-0.05, 0) is 61.8 Å². The molecule has 1 rings (SSSR count). The summed E-state index contributed by atoms with van der Waals surface area (Å²) in [4.78, 5) is 11.7. The molecule has 0 aliphatic carbocycles. The van der Waals surface area contributed by atoms with Crippen molar-refractivity contribution in [1.29, 1.82) is 0 Å². The van der Waals surface area contributed by atoms with Crippen LogP contribution in [0.2, 0.25) is 0 Å². The number of hydrogen-bond donors (Lipinski definition) is 0. The third-order valence-electron chi connectivity index (χ3n) is 4.68. The summed E-state index contributed by atoms with van der Waals surface area (Å²) < 4.78 is 10.1. The number of carbonyl (C=O) groups is 1. The molecule has 0 bridgehead atoms. The fourth-order valence-corrected chi connectivity index (χ4v) is 3.05. The zero-order valence-electron chi connectivity index (χ0n) is 16.9. The summed E-state index contributed by atoms with van der Waals surface area (Å²) in [7, 11) is 3.09. The molecule has 0 radical (unpaired) electrons. The average Bonchev–Trinajstić information content (AvgIpc) is 2.68. The van der Waals surface area contributed by atoms with E-state index in [4.69, 9.17) is 9.47 Å². The number of hydrogen-bond acceptors (Lipinski definition) is 3. The molecule has 1 aromatic carbocycles. The highest BCUT2D eigenvalue weighted by Gasteiger charge is 2.13. The summed E-state index contributed by atoms with van der Waals surface area (Å²) >= 11 is 0. The summed E-state index contributed by atoms with van der Waals surface area (Å²) in [6.45, 7) is 8.34. The van der Waals surface area contributed by atoms with Gasteiger partial charge in [-0.25, -0.2) is 4.79 Å². The largest absolute Gasteiger partial charge is 0.497 e. The summed E-state index contributed by atoms with van der Waals surface area (Å²) in [5.41, 5.74) is 4.60. The molecule has 0 atom stereocenters. The Morgan fingerprint density at radius 1 is 0.923 bits per heavy atom. The molecule has 26 heavy (non-hydrogen) atoms. The van der Waals surface area contributed by atoms with Crippen molar-refractivity contribution in [1.82, 2.24) is 0 Å². The van der Waals surface area contributed by atoms with Crippen LogP contribution in [0.5, 0.6) is 5.75 Å². The van der Waals surface area contributed by atoms with E-state index in [1.54, 1.807) is 7.11 Å². The number of allylic oxidation sites excluding steroid dienone is 2. The van der Waals surface area contributed by atoms with Gasteiger partial charge in [-0.15, -0.1) is 0 Å². The van der Waals surface area contributed by atoms with Crippen LogP contribution in [-0.2, 0) is 9.53 Å². The van der Waals surface area contributed by atoms with Gasteiger partial charge in [0.2, 0.25) is 0 Å². The summed E-state index contributed by atoms with van der Waals surface area (Å²) in [5.74, 6) is 0.540. The van der Waals surface area contributed by atoms with E-state index in [1.807, 2.05) is 12.1 Å². The Kier molecular flexibility index (Phi) is 10.5. The quantitative estimate of drug-likeness (QED) is 0.323. The molecular weight excluding hydrogens is 324 g/mol. The number of unbranched alkanes of at least 4 members (excludes halogenated alkanes) is 2. The van der Waals surface area contributed by atoms with Gasteiger partial charge in [0.1, 0.15) is 5.75 Å². The SMILES string of the molecule is C=C(CCC(=C(CCCC)CCCC)c1ccc(OC)cc1)C(=O)OC. The van der Waals surface area contributed by atoms with E-state index in [9.17, 15) is 4.79 Å². The summed E-state index contributed by atoms with van der Waals surface area (Å²) in [5, 5.41) is 0. The molecular formula is C23H34O3. The number of carbonyl (C=O) groups excluding carboxylic acids is 1. The molecule has 3 heteroatoms. The molecule has 0 saturated carbocycles. The van der Waals surface area contributed by atoms with Crippen LogP contribution >= 0.6 is 0 Å². The van der Waals surface area contributed by atoms with Crippen LogP contribution in [0.25, 0.3) is 5.57 Å². The third-order valence-corrected chi connectivity index (χ3v) is 4.68. The number of rotatable bonds is 12. The van der Waals surface area contributed by atoms with Crippen LogP contribution in [-0.4, -0.2) is 20.2 Å². The second-order valence-corrected chi connectivity index (χ2v) is 6.61. The van der Waals surface area contributed by atoms with Gasteiger partial charge in [-0.3, -0.25) is 0 Å². The molecule has 0 heterocycles. The predicted molar refractivity (Wildman–Crippen MR) is 109 cm³/mol. The van der Waals surface area contributed by atoms with Gasteiger partial charge in [-0.2, -0.15) is 0 Å².